The quantitative estimate of drug-likeness (QED) is 0.279. The fraction of sp³-hybridized carbons (Fsp3) is 0.231. The Bertz CT molecular complexity index is 539. The fourth-order valence-corrected chi connectivity index (χ4v) is 2.06. The number of aromatic hydroxyl groups is 1. The van der Waals surface area contributed by atoms with Gasteiger partial charge in [0.2, 0.25) is 0 Å². The summed E-state index contributed by atoms with van der Waals surface area (Å²) in [6.07, 6.45) is 2.75. The van der Waals surface area contributed by atoms with Gasteiger partial charge >= 0.3 is 0 Å². The van der Waals surface area contributed by atoms with E-state index in [-0.39, 0.29) is 5.75 Å². The number of hydrazine groups is 1. The minimum atomic E-state index is 0.279. The molecule has 0 saturated heterocycles. The van der Waals surface area contributed by atoms with Crippen molar-refractivity contribution in [2.24, 2.45) is 5.84 Å². The summed E-state index contributed by atoms with van der Waals surface area (Å²) in [5.41, 5.74) is 3.67. The first-order chi connectivity index (χ1) is 9.71. The van der Waals surface area contributed by atoms with Crippen molar-refractivity contribution in [2.75, 3.05) is 23.5 Å². The molecule has 0 spiro atoms. The van der Waals surface area contributed by atoms with Crippen LogP contribution in [-0.4, -0.2) is 27.9 Å². The summed E-state index contributed by atoms with van der Waals surface area (Å²) in [5.74, 6) is 6.97. The van der Waals surface area contributed by atoms with Gasteiger partial charge in [-0.25, -0.2) is 15.8 Å². The summed E-state index contributed by atoms with van der Waals surface area (Å²) in [6, 6.07) is 8.93. The molecule has 0 fully saturated rings. The van der Waals surface area contributed by atoms with Crippen LogP contribution >= 0.6 is 11.8 Å². The van der Waals surface area contributed by atoms with E-state index in [2.05, 4.69) is 20.7 Å². The number of phenolic OH excluding ortho intramolecular Hbond substituents is 1. The summed E-state index contributed by atoms with van der Waals surface area (Å²) in [7, 11) is 0. The number of nitrogens with two attached hydrogens (primary N) is 1. The first-order valence-corrected chi connectivity index (χ1v) is 7.35. The highest BCUT2D eigenvalue weighted by Crippen LogP contribution is 2.16. The molecule has 5 N–H and O–H groups in total. The van der Waals surface area contributed by atoms with Crippen molar-refractivity contribution in [3.63, 3.8) is 0 Å². The van der Waals surface area contributed by atoms with Crippen molar-refractivity contribution in [1.29, 1.82) is 0 Å². The number of nitrogens with zero attached hydrogens (tertiary/aromatic N) is 2. The molecular weight excluding hydrogens is 274 g/mol. The van der Waals surface area contributed by atoms with E-state index in [1.807, 2.05) is 18.4 Å². The van der Waals surface area contributed by atoms with Crippen molar-refractivity contribution < 1.29 is 5.11 Å². The maximum Gasteiger partial charge on any atom is 0.191 e. The lowest BCUT2D eigenvalue weighted by Crippen LogP contribution is -2.12. The lowest BCUT2D eigenvalue weighted by Gasteiger charge is -2.08. The molecule has 1 aromatic carbocycles. The zero-order valence-corrected chi connectivity index (χ0v) is 11.9. The molecule has 0 aliphatic heterocycles. The SMILES string of the molecule is CSc1nc(NN)cc(NCCc2ccc(O)cc2)n1. The standard InChI is InChI=1S/C13H17N5OS/c1-20-13-16-11(8-12(17-13)18-14)15-7-6-9-2-4-10(19)5-3-9/h2-5,8,19H,6-7,14H2,1H3,(H2,15,16,17,18). The van der Waals surface area contributed by atoms with Crippen LogP contribution in [0.15, 0.2) is 35.5 Å². The average Bonchev–Trinajstić information content (AvgIpc) is 2.49. The van der Waals surface area contributed by atoms with Gasteiger partial charge in [0.15, 0.2) is 5.16 Å². The van der Waals surface area contributed by atoms with Crippen LogP contribution in [0.1, 0.15) is 5.56 Å². The van der Waals surface area contributed by atoms with E-state index in [0.29, 0.717) is 11.0 Å². The molecule has 1 aromatic heterocycles. The maximum atomic E-state index is 9.22. The van der Waals surface area contributed by atoms with Crippen LogP contribution in [0.25, 0.3) is 0 Å². The van der Waals surface area contributed by atoms with E-state index in [9.17, 15) is 5.11 Å². The zero-order chi connectivity index (χ0) is 14.4. The normalized spacial score (nSPS) is 10.3. The summed E-state index contributed by atoms with van der Waals surface area (Å²) >= 11 is 1.46. The Hall–Kier alpha value is -1.99. The lowest BCUT2D eigenvalue weighted by molar-refractivity contribution is 0.475. The summed E-state index contributed by atoms with van der Waals surface area (Å²) < 4.78 is 0. The highest BCUT2D eigenvalue weighted by molar-refractivity contribution is 7.98. The van der Waals surface area contributed by atoms with E-state index in [4.69, 9.17) is 5.84 Å². The Morgan fingerprint density at radius 1 is 1.20 bits per heavy atom. The minimum absolute atomic E-state index is 0.279. The molecule has 2 rings (SSSR count). The third kappa shape index (κ3) is 4.01. The molecule has 7 heteroatoms. The van der Waals surface area contributed by atoms with Crippen LogP contribution < -0.4 is 16.6 Å². The summed E-state index contributed by atoms with van der Waals surface area (Å²) in [6.45, 7) is 0.736. The van der Waals surface area contributed by atoms with Crippen molar-refractivity contribution in [1.82, 2.24) is 9.97 Å². The van der Waals surface area contributed by atoms with Gasteiger partial charge in [0, 0.05) is 12.6 Å². The number of hydrogen-bond acceptors (Lipinski definition) is 7. The van der Waals surface area contributed by atoms with Crippen LogP contribution in [0.4, 0.5) is 11.6 Å². The molecule has 0 amide bonds. The van der Waals surface area contributed by atoms with E-state index in [1.54, 1.807) is 18.2 Å². The smallest absolute Gasteiger partial charge is 0.191 e. The number of anilines is 2. The topological polar surface area (TPSA) is 96.1 Å². The lowest BCUT2D eigenvalue weighted by atomic mass is 10.1. The molecule has 6 nitrogen and oxygen atoms in total. The average molecular weight is 291 g/mol. The predicted octanol–water partition coefficient (Wildman–Crippen LogP) is 1.84. The molecule has 0 bridgehead atoms. The van der Waals surface area contributed by atoms with Crippen molar-refractivity contribution in [3.8, 4) is 5.75 Å². The second-order valence-corrected chi connectivity index (χ2v) is 4.89. The Balaban J connectivity index is 1.94. The van der Waals surface area contributed by atoms with Crippen LogP contribution in [-0.2, 0) is 6.42 Å². The maximum absolute atomic E-state index is 9.22. The van der Waals surface area contributed by atoms with E-state index < -0.39 is 0 Å². The molecule has 0 atom stereocenters. The van der Waals surface area contributed by atoms with Gasteiger partial charge < -0.3 is 15.8 Å². The Kier molecular flexibility index (Phi) is 5.03. The van der Waals surface area contributed by atoms with Gasteiger partial charge in [-0.3, -0.25) is 0 Å². The fourth-order valence-electron chi connectivity index (χ4n) is 1.68. The van der Waals surface area contributed by atoms with Gasteiger partial charge in [-0.1, -0.05) is 23.9 Å². The highest BCUT2D eigenvalue weighted by atomic mass is 32.2. The molecule has 0 radical (unpaired) electrons. The van der Waals surface area contributed by atoms with Crippen LogP contribution in [0.3, 0.4) is 0 Å². The summed E-state index contributed by atoms with van der Waals surface area (Å²) in [5, 5.41) is 13.1. The monoisotopic (exact) mass is 291 g/mol. The van der Waals surface area contributed by atoms with Gasteiger partial charge in [-0.05, 0) is 30.4 Å². The molecule has 0 aliphatic carbocycles. The number of rotatable bonds is 6. The van der Waals surface area contributed by atoms with Crippen LogP contribution in [0.5, 0.6) is 5.75 Å². The van der Waals surface area contributed by atoms with Gasteiger partial charge in [-0.2, -0.15) is 0 Å². The molecule has 106 valence electrons. The Morgan fingerprint density at radius 2 is 1.90 bits per heavy atom. The first-order valence-electron chi connectivity index (χ1n) is 6.12. The molecular formula is C13H17N5OS. The molecule has 2 aromatic rings. The largest absolute Gasteiger partial charge is 0.508 e. The van der Waals surface area contributed by atoms with Crippen molar-refractivity contribution in [2.45, 2.75) is 11.6 Å². The second-order valence-electron chi connectivity index (χ2n) is 4.11. The van der Waals surface area contributed by atoms with E-state index >= 15 is 0 Å². The number of aromatic nitrogens is 2. The third-order valence-corrected chi connectivity index (χ3v) is 3.24. The van der Waals surface area contributed by atoms with E-state index in [0.717, 1.165) is 24.3 Å². The first kappa shape index (κ1) is 14.4. The predicted molar refractivity (Wildman–Crippen MR) is 81.9 cm³/mol. The van der Waals surface area contributed by atoms with Gasteiger partial charge in [-0.15, -0.1) is 0 Å². The van der Waals surface area contributed by atoms with Gasteiger partial charge in [0.05, 0.1) is 0 Å². The number of nitrogen functional groups attached to an aromatic ring is 1. The van der Waals surface area contributed by atoms with E-state index in [1.165, 1.54) is 11.8 Å². The highest BCUT2D eigenvalue weighted by Gasteiger charge is 2.03. The molecule has 20 heavy (non-hydrogen) atoms. The number of benzene rings is 1. The summed E-state index contributed by atoms with van der Waals surface area (Å²) in [4.78, 5) is 8.54. The molecule has 0 aliphatic rings. The molecule has 1 heterocycles. The molecule has 0 unspecified atom stereocenters. The van der Waals surface area contributed by atoms with Crippen LogP contribution in [0.2, 0.25) is 0 Å². The van der Waals surface area contributed by atoms with Crippen molar-refractivity contribution >= 4 is 23.4 Å². The zero-order valence-electron chi connectivity index (χ0n) is 11.1. The Morgan fingerprint density at radius 3 is 2.55 bits per heavy atom. The van der Waals surface area contributed by atoms with Crippen molar-refractivity contribution in [3.05, 3.63) is 35.9 Å². The number of nitrogens with one attached hydrogen (secondary N) is 2. The van der Waals surface area contributed by atoms with Gasteiger partial charge in [0.25, 0.3) is 0 Å². The minimum Gasteiger partial charge on any atom is -0.508 e. The number of hydrogen-bond donors (Lipinski definition) is 4. The Labute approximate surface area is 121 Å². The third-order valence-electron chi connectivity index (χ3n) is 2.69. The molecule has 0 saturated carbocycles. The second kappa shape index (κ2) is 6.97. The number of phenols is 1. The van der Waals surface area contributed by atoms with Crippen LogP contribution in [0, 0.1) is 0 Å². The number of thioether (sulfide) groups is 1. The van der Waals surface area contributed by atoms with Gasteiger partial charge in [0.1, 0.15) is 17.4 Å².